The third kappa shape index (κ3) is 2.69. The van der Waals surface area contributed by atoms with Crippen LogP contribution in [0.1, 0.15) is 0 Å². The van der Waals surface area contributed by atoms with Crippen LogP contribution in [0.15, 0.2) is 182 Å². The second kappa shape index (κ2) is 8.89. The molecular formula is C36H30Te. The van der Waals surface area contributed by atoms with Crippen molar-refractivity contribution in [3.05, 3.63) is 182 Å². The zero-order chi connectivity index (χ0) is 25.1. The zero-order valence-corrected chi connectivity index (χ0v) is 23.1. The van der Waals surface area contributed by atoms with Gasteiger partial charge in [0.05, 0.1) is 0 Å². The van der Waals surface area contributed by atoms with Gasteiger partial charge in [0, 0.05) is 0 Å². The minimum absolute atomic E-state index is 1.35. The maximum atomic E-state index is 2.37. The molecule has 0 aromatic heterocycles. The van der Waals surface area contributed by atoms with Crippen molar-refractivity contribution in [1.82, 2.24) is 0 Å². The summed E-state index contributed by atoms with van der Waals surface area (Å²) in [5, 5.41) is 0. The molecular weight excluding hydrogens is 560 g/mol. The summed E-state index contributed by atoms with van der Waals surface area (Å²) in [6.07, 6.45) is 0. The fraction of sp³-hybridized carbons (Fsp3) is 0. The van der Waals surface area contributed by atoms with Gasteiger partial charge < -0.3 is 0 Å². The van der Waals surface area contributed by atoms with E-state index < -0.39 is 15.4 Å². The van der Waals surface area contributed by atoms with Crippen LogP contribution in [-0.2, 0) is 0 Å². The monoisotopic (exact) mass is 592 g/mol. The Balaban J connectivity index is 2.15. The minimum atomic E-state index is -5.57. The molecule has 6 aromatic rings. The van der Waals surface area contributed by atoms with Gasteiger partial charge in [-0.3, -0.25) is 0 Å². The maximum absolute atomic E-state index is 5.57. The van der Waals surface area contributed by atoms with Crippen molar-refractivity contribution in [3.8, 4) is 0 Å². The van der Waals surface area contributed by atoms with Gasteiger partial charge in [-0.1, -0.05) is 0 Å². The Bertz CT molecular complexity index is 1270. The second-order valence-electron chi connectivity index (χ2n) is 9.41. The summed E-state index contributed by atoms with van der Waals surface area (Å²) in [6.45, 7) is 0. The molecule has 0 heterocycles. The van der Waals surface area contributed by atoms with Crippen molar-refractivity contribution >= 4 is 37.1 Å². The Kier molecular flexibility index (Phi) is 5.65. The molecule has 0 atom stereocenters. The third-order valence-corrected chi connectivity index (χ3v) is 32.8. The zero-order valence-electron chi connectivity index (χ0n) is 20.7. The molecule has 1 heteroatoms. The molecule has 0 bridgehead atoms. The number of hydrogen-bond donors (Lipinski definition) is 0. The Morgan fingerprint density at radius 2 is 0.324 bits per heavy atom. The van der Waals surface area contributed by atoms with Gasteiger partial charge in [-0.15, -0.1) is 0 Å². The molecule has 0 saturated carbocycles. The average Bonchev–Trinajstić information content (AvgIpc) is 3.02. The molecule has 0 aliphatic rings. The topological polar surface area (TPSA) is 0 Å². The Labute approximate surface area is 218 Å². The Hall–Kier alpha value is -3.89. The summed E-state index contributed by atoms with van der Waals surface area (Å²) < 4.78 is 8.11. The number of benzene rings is 6. The molecule has 0 amide bonds. The van der Waals surface area contributed by atoms with Crippen LogP contribution in [0.3, 0.4) is 0 Å². The van der Waals surface area contributed by atoms with Crippen molar-refractivity contribution in [3.63, 3.8) is 0 Å². The van der Waals surface area contributed by atoms with Crippen LogP contribution in [0.25, 0.3) is 0 Å². The van der Waals surface area contributed by atoms with Crippen LogP contribution in [0.4, 0.5) is 0 Å². The first-order valence-corrected chi connectivity index (χ1v) is 19.7. The van der Waals surface area contributed by atoms with Gasteiger partial charge in [-0.05, 0) is 0 Å². The molecule has 0 aliphatic heterocycles. The predicted molar refractivity (Wildman–Crippen MR) is 162 cm³/mol. The van der Waals surface area contributed by atoms with E-state index in [1.807, 2.05) is 0 Å². The van der Waals surface area contributed by atoms with Gasteiger partial charge in [0.25, 0.3) is 0 Å². The van der Waals surface area contributed by atoms with Crippen LogP contribution >= 0.6 is 0 Å². The van der Waals surface area contributed by atoms with E-state index >= 15 is 0 Å². The first-order valence-electron chi connectivity index (χ1n) is 12.7. The van der Waals surface area contributed by atoms with E-state index in [4.69, 9.17) is 0 Å². The number of rotatable bonds is 6. The van der Waals surface area contributed by atoms with Gasteiger partial charge in [0.15, 0.2) is 0 Å². The fourth-order valence-electron chi connectivity index (χ4n) is 6.61. The van der Waals surface area contributed by atoms with Gasteiger partial charge in [0.2, 0.25) is 0 Å². The van der Waals surface area contributed by atoms with Crippen LogP contribution in [-0.4, -0.2) is 15.4 Å². The van der Waals surface area contributed by atoms with Crippen molar-refractivity contribution in [2.45, 2.75) is 0 Å². The standard InChI is InChI=1S/C36H30Te/c1-7-19-31(20-8-1)37(32-21-9-2-10-22-32,33-23-11-3-12-24-33,34-25-13-4-14-26-34,35-27-15-5-16-28-35)36-29-17-6-18-30-36/h1-30H. The summed E-state index contributed by atoms with van der Waals surface area (Å²) >= 11 is -5.57. The molecule has 0 aliphatic carbocycles. The van der Waals surface area contributed by atoms with Crippen molar-refractivity contribution < 1.29 is 0 Å². The molecule has 0 radical (unpaired) electrons. The van der Waals surface area contributed by atoms with Crippen LogP contribution < -0.4 is 21.7 Å². The first-order chi connectivity index (χ1) is 18.3. The quantitative estimate of drug-likeness (QED) is 0.245. The molecule has 6 aromatic carbocycles. The Morgan fingerprint density at radius 3 is 0.459 bits per heavy atom. The van der Waals surface area contributed by atoms with Crippen molar-refractivity contribution in [2.24, 2.45) is 0 Å². The summed E-state index contributed by atoms with van der Waals surface area (Å²) in [5.41, 5.74) is 0. The average molecular weight is 590 g/mol. The molecule has 0 N–H and O–H groups in total. The van der Waals surface area contributed by atoms with Crippen molar-refractivity contribution in [1.29, 1.82) is 0 Å². The summed E-state index contributed by atoms with van der Waals surface area (Å²) in [7, 11) is 0. The van der Waals surface area contributed by atoms with Crippen LogP contribution in [0.2, 0.25) is 0 Å². The van der Waals surface area contributed by atoms with Gasteiger partial charge in [-0.2, -0.15) is 0 Å². The third-order valence-electron chi connectivity index (χ3n) is 7.99. The second-order valence-corrected chi connectivity index (χ2v) is 26.2. The van der Waals surface area contributed by atoms with E-state index in [2.05, 4.69) is 182 Å². The predicted octanol–water partition coefficient (Wildman–Crippen LogP) is 4.79. The van der Waals surface area contributed by atoms with E-state index in [1.165, 1.54) is 21.7 Å². The fourth-order valence-corrected chi connectivity index (χ4v) is 32.6. The van der Waals surface area contributed by atoms with E-state index in [-0.39, 0.29) is 0 Å². The van der Waals surface area contributed by atoms with E-state index in [0.717, 1.165) is 0 Å². The molecule has 0 saturated heterocycles. The SMILES string of the molecule is c1ccc([Te](c2ccccc2)(c2ccccc2)(c2ccccc2)(c2ccccc2)c2ccccc2)cc1. The Morgan fingerprint density at radius 1 is 0.189 bits per heavy atom. The molecule has 180 valence electrons. The molecule has 0 nitrogen and oxygen atoms in total. The molecule has 0 unspecified atom stereocenters. The van der Waals surface area contributed by atoms with Gasteiger partial charge >= 0.3 is 219 Å². The molecule has 37 heavy (non-hydrogen) atoms. The van der Waals surface area contributed by atoms with Crippen LogP contribution in [0, 0.1) is 0 Å². The first kappa shape index (κ1) is 23.5. The van der Waals surface area contributed by atoms with Crippen molar-refractivity contribution in [2.75, 3.05) is 0 Å². The van der Waals surface area contributed by atoms with Gasteiger partial charge in [-0.25, -0.2) is 0 Å². The summed E-state index contributed by atoms with van der Waals surface area (Å²) in [4.78, 5) is 0. The number of hydrogen-bond acceptors (Lipinski definition) is 0. The molecule has 0 fully saturated rings. The molecule has 0 spiro atoms. The van der Waals surface area contributed by atoms with Crippen LogP contribution in [0.5, 0.6) is 0 Å². The summed E-state index contributed by atoms with van der Waals surface area (Å²) in [5.74, 6) is 0. The van der Waals surface area contributed by atoms with Gasteiger partial charge in [0.1, 0.15) is 0 Å². The normalized spacial score (nSPS) is 13.3. The molecule has 6 rings (SSSR count). The van der Waals surface area contributed by atoms with E-state index in [1.54, 1.807) is 0 Å². The van der Waals surface area contributed by atoms with E-state index in [9.17, 15) is 0 Å². The van der Waals surface area contributed by atoms with E-state index in [0.29, 0.717) is 0 Å². The summed E-state index contributed by atoms with van der Waals surface area (Å²) in [6, 6.07) is 67.8.